The molecule has 2 aromatic carbocycles. The Morgan fingerprint density at radius 1 is 1.00 bits per heavy atom. The van der Waals surface area contributed by atoms with E-state index < -0.39 is 29.6 Å². The first-order chi connectivity index (χ1) is 21.6. The van der Waals surface area contributed by atoms with Gasteiger partial charge in [-0.2, -0.15) is 0 Å². The Bertz CT molecular complexity index is 1520. The summed E-state index contributed by atoms with van der Waals surface area (Å²) >= 11 is 0. The van der Waals surface area contributed by atoms with Crippen LogP contribution in [0, 0.1) is 37.5 Å². The molecule has 0 radical (unpaired) electrons. The highest BCUT2D eigenvalue weighted by Crippen LogP contribution is 2.55. The molecule has 2 aromatic rings. The zero-order valence-electron chi connectivity index (χ0n) is 27.1. The Morgan fingerprint density at radius 3 is 2.51 bits per heavy atom. The summed E-state index contributed by atoms with van der Waals surface area (Å²) in [6, 6.07) is 10.6. The lowest BCUT2D eigenvalue weighted by atomic mass is 9.73. The molecule has 1 saturated carbocycles. The number of ether oxygens (including phenoxy) is 3. The van der Waals surface area contributed by atoms with Crippen molar-refractivity contribution in [2.45, 2.75) is 77.2 Å². The van der Waals surface area contributed by atoms with Crippen LogP contribution >= 0.6 is 0 Å². The topological polar surface area (TPSA) is 106 Å². The third-order valence-corrected chi connectivity index (χ3v) is 10.8. The monoisotopic (exact) mass is 615 g/mol. The molecule has 8 atom stereocenters. The lowest BCUT2D eigenvalue weighted by Crippen LogP contribution is -2.58. The number of rotatable bonds is 9. The fourth-order valence-electron chi connectivity index (χ4n) is 7.89. The van der Waals surface area contributed by atoms with Crippen LogP contribution in [0.4, 0.5) is 5.69 Å². The van der Waals surface area contributed by atoms with E-state index in [1.54, 1.807) is 19.1 Å². The maximum atomic E-state index is 14.4. The van der Waals surface area contributed by atoms with Gasteiger partial charge in [-0.3, -0.25) is 14.4 Å². The highest BCUT2D eigenvalue weighted by atomic mass is 16.5. The predicted octanol–water partition coefficient (Wildman–Crippen LogP) is 4.59. The second kappa shape index (κ2) is 12.2. The van der Waals surface area contributed by atoms with E-state index in [0.717, 1.165) is 36.0 Å². The fraction of sp³-hybridized carbons (Fsp3) is 0.528. The number of hydrogen-bond acceptors (Lipinski definition) is 6. The Hall–Kier alpha value is -3.85. The number of nitrogens with zero attached hydrogens (tertiary/aromatic N) is 1. The molecule has 2 bridgehead atoms. The molecule has 3 aliphatic heterocycles. The quantitative estimate of drug-likeness (QED) is 0.400. The van der Waals surface area contributed by atoms with Gasteiger partial charge in [-0.15, -0.1) is 0 Å². The van der Waals surface area contributed by atoms with Gasteiger partial charge in [-0.25, -0.2) is 0 Å². The molecule has 240 valence electrons. The lowest BCUT2D eigenvalue weighted by molar-refractivity contribution is -0.141. The average molecular weight is 616 g/mol. The molecule has 3 heterocycles. The number of fused-ring (bicyclic) bond motifs is 1. The normalized spacial score (nSPS) is 31.6. The molecule has 2 N–H and O–H groups in total. The molecule has 0 aromatic heterocycles. The minimum absolute atomic E-state index is 0.0194. The summed E-state index contributed by atoms with van der Waals surface area (Å²) in [7, 11) is 3.17. The number of hydrogen-bond donors (Lipinski definition) is 2. The number of likely N-dealkylation sites (tertiary alicyclic amines) is 1. The smallest absolute Gasteiger partial charge is 0.246 e. The van der Waals surface area contributed by atoms with Gasteiger partial charge in [-0.05, 0) is 79.5 Å². The summed E-state index contributed by atoms with van der Waals surface area (Å²) in [6.07, 6.45) is 6.73. The number of carbonyl (C=O) groups excluding carboxylic acids is 3. The molecule has 6 rings (SSSR count). The van der Waals surface area contributed by atoms with Crippen LogP contribution in [0.2, 0.25) is 0 Å². The van der Waals surface area contributed by atoms with Crippen molar-refractivity contribution in [1.82, 2.24) is 10.2 Å². The molecule has 2 saturated heterocycles. The minimum Gasteiger partial charge on any atom is -0.493 e. The number of anilines is 1. The van der Waals surface area contributed by atoms with Crippen molar-refractivity contribution in [1.29, 1.82) is 0 Å². The van der Waals surface area contributed by atoms with E-state index in [-0.39, 0.29) is 30.3 Å². The van der Waals surface area contributed by atoms with Gasteiger partial charge in [0.2, 0.25) is 17.7 Å². The molecule has 9 nitrogen and oxygen atoms in total. The molecule has 1 spiro atoms. The van der Waals surface area contributed by atoms with Crippen LogP contribution in [0.5, 0.6) is 11.5 Å². The van der Waals surface area contributed by atoms with Crippen molar-refractivity contribution in [3.63, 3.8) is 0 Å². The first-order valence-electron chi connectivity index (χ1n) is 16.1. The van der Waals surface area contributed by atoms with E-state index in [2.05, 4.69) is 24.5 Å². The first kappa shape index (κ1) is 31.1. The Morgan fingerprint density at radius 2 is 1.78 bits per heavy atom. The van der Waals surface area contributed by atoms with Gasteiger partial charge in [0.05, 0.1) is 32.2 Å². The molecule has 1 aliphatic carbocycles. The highest BCUT2D eigenvalue weighted by Gasteiger charge is 2.72. The van der Waals surface area contributed by atoms with Crippen molar-refractivity contribution >= 4 is 23.4 Å². The van der Waals surface area contributed by atoms with Gasteiger partial charge in [0, 0.05) is 18.3 Å². The third-order valence-electron chi connectivity index (χ3n) is 10.8. The van der Waals surface area contributed by atoms with Crippen molar-refractivity contribution in [2.24, 2.45) is 23.7 Å². The van der Waals surface area contributed by atoms with Crippen LogP contribution < -0.4 is 20.1 Å². The Balaban J connectivity index is 1.30. The number of methoxy groups -OCH3 is 2. The summed E-state index contributed by atoms with van der Waals surface area (Å²) in [5.41, 5.74) is 2.60. The molecule has 3 amide bonds. The third kappa shape index (κ3) is 5.39. The van der Waals surface area contributed by atoms with E-state index in [4.69, 9.17) is 14.2 Å². The Labute approximate surface area is 265 Å². The second-order valence-corrected chi connectivity index (χ2v) is 13.3. The van der Waals surface area contributed by atoms with Crippen molar-refractivity contribution in [3.8, 4) is 11.5 Å². The van der Waals surface area contributed by atoms with E-state index >= 15 is 0 Å². The molecular weight excluding hydrogens is 570 g/mol. The summed E-state index contributed by atoms with van der Waals surface area (Å²) in [5, 5.41) is 6.36. The van der Waals surface area contributed by atoms with Gasteiger partial charge in [0.15, 0.2) is 11.5 Å². The molecule has 45 heavy (non-hydrogen) atoms. The van der Waals surface area contributed by atoms with E-state index in [1.807, 2.05) is 62.4 Å². The summed E-state index contributed by atoms with van der Waals surface area (Å²) in [6.45, 7) is 8.73. The molecule has 3 fully saturated rings. The van der Waals surface area contributed by atoms with E-state index in [1.165, 1.54) is 0 Å². The summed E-state index contributed by atoms with van der Waals surface area (Å²) < 4.78 is 17.4. The fourth-order valence-corrected chi connectivity index (χ4v) is 7.89. The van der Waals surface area contributed by atoms with Crippen LogP contribution in [0.15, 0.2) is 48.6 Å². The predicted molar refractivity (Wildman–Crippen MR) is 171 cm³/mol. The maximum Gasteiger partial charge on any atom is 0.246 e. The van der Waals surface area contributed by atoms with Crippen LogP contribution in [0.25, 0.3) is 0 Å². The molecule has 0 unspecified atom stereocenters. The highest BCUT2D eigenvalue weighted by molar-refractivity contribution is 6.02. The summed E-state index contributed by atoms with van der Waals surface area (Å²) in [4.78, 5) is 44.2. The van der Waals surface area contributed by atoms with Crippen LogP contribution in [-0.4, -0.2) is 67.2 Å². The summed E-state index contributed by atoms with van der Waals surface area (Å²) in [5.74, 6) is -0.239. The number of aryl methyl sites for hydroxylation is 2. The standard InChI is InChI=1S/C36H45N3O6/c1-20-10-12-25(18-22(20)3)37-33(40)30-28-14-16-36(45-28)31(30)35(42)39(17-15-24-11-13-27(43-5)29(19-24)44-6)32(36)34(41)38-26-9-7-8-21(2)23(26)4/h10-14,16,18-19,21,23,26,28,30-32H,7-9,15,17H2,1-6H3,(H,37,40)(H,38,41)/t21-,23+,26+,28+,30+,31+,32-,36-/m0/s1. The van der Waals surface area contributed by atoms with Gasteiger partial charge >= 0.3 is 0 Å². The van der Waals surface area contributed by atoms with E-state index in [9.17, 15) is 14.4 Å². The van der Waals surface area contributed by atoms with Crippen LogP contribution in [0.3, 0.4) is 0 Å². The SMILES string of the molecule is COc1ccc(CCN2C(=O)[C@H]3[C@H](C(=O)Nc4ccc(C)c(C)c4)[C@H]4C=C[C@@]3(O4)[C@@H]2C(=O)N[C@@H]2CCC[C@H](C)[C@H]2C)cc1OC. The van der Waals surface area contributed by atoms with Gasteiger partial charge in [0.1, 0.15) is 11.6 Å². The first-order valence-corrected chi connectivity index (χ1v) is 16.1. The van der Waals surface area contributed by atoms with Crippen molar-refractivity contribution in [3.05, 3.63) is 65.2 Å². The largest absolute Gasteiger partial charge is 0.493 e. The second-order valence-electron chi connectivity index (χ2n) is 13.3. The number of carbonyl (C=O) groups is 3. The number of benzene rings is 2. The average Bonchev–Trinajstić information content (AvgIpc) is 3.67. The number of amides is 3. The molecule has 4 aliphatic rings. The van der Waals surface area contributed by atoms with Crippen LogP contribution in [0.1, 0.15) is 49.8 Å². The minimum atomic E-state index is -1.21. The Kier molecular flexibility index (Phi) is 8.41. The van der Waals surface area contributed by atoms with Gasteiger partial charge in [-0.1, -0.05) is 51.0 Å². The zero-order chi connectivity index (χ0) is 32.0. The van der Waals surface area contributed by atoms with Crippen molar-refractivity contribution < 1.29 is 28.6 Å². The van der Waals surface area contributed by atoms with Crippen LogP contribution in [-0.2, 0) is 25.5 Å². The molecule has 9 heteroatoms. The van der Waals surface area contributed by atoms with Gasteiger partial charge < -0.3 is 29.7 Å². The zero-order valence-corrected chi connectivity index (χ0v) is 27.1. The van der Waals surface area contributed by atoms with E-state index in [0.29, 0.717) is 35.4 Å². The molecular formula is C36H45N3O6. The maximum absolute atomic E-state index is 14.4. The van der Waals surface area contributed by atoms with Gasteiger partial charge in [0.25, 0.3) is 0 Å². The lowest BCUT2D eigenvalue weighted by Gasteiger charge is -2.38. The number of nitrogens with one attached hydrogen (secondary N) is 2. The van der Waals surface area contributed by atoms with Crippen molar-refractivity contribution in [2.75, 3.05) is 26.1 Å².